The highest BCUT2D eigenvalue weighted by Crippen LogP contribution is 2.17. The predicted octanol–water partition coefficient (Wildman–Crippen LogP) is 1.71. The molecule has 5 heteroatoms. The van der Waals surface area contributed by atoms with Crippen LogP contribution in [0, 0.1) is 0 Å². The van der Waals surface area contributed by atoms with Gasteiger partial charge in [-0.2, -0.15) is 0 Å². The van der Waals surface area contributed by atoms with E-state index in [4.69, 9.17) is 9.47 Å². The van der Waals surface area contributed by atoms with Gasteiger partial charge in [0.2, 0.25) is 0 Å². The summed E-state index contributed by atoms with van der Waals surface area (Å²) >= 11 is 0. The minimum Gasteiger partial charge on any atom is -0.497 e. The number of methoxy groups -OCH3 is 2. The zero-order chi connectivity index (χ0) is 15.0. The summed E-state index contributed by atoms with van der Waals surface area (Å²) in [5, 5.41) is 12.4. The lowest BCUT2D eigenvalue weighted by molar-refractivity contribution is -0.144. The fourth-order valence-corrected chi connectivity index (χ4v) is 1.89. The van der Waals surface area contributed by atoms with Crippen LogP contribution in [0.15, 0.2) is 24.3 Å². The van der Waals surface area contributed by atoms with E-state index in [1.165, 1.54) is 0 Å². The highest BCUT2D eigenvalue weighted by molar-refractivity contribution is 5.78. The van der Waals surface area contributed by atoms with Crippen LogP contribution in [0.5, 0.6) is 5.75 Å². The van der Waals surface area contributed by atoms with Gasteiger partial charge in [-0.15, -0.1) is 0 Å². The number of carboxylic acid groups (broad SMARTS) is 1. The molecule has 0 amide bonds. The molecule has 0 aromatic heterocycles. The first-order chi connectivity index (χ1) is 9.51. The molecule has 0 bridgehead atoms. The van der Waals surface area contributed by atoms with Crippen LogP contribution in [-0.4, -0.2) is 44.0 Å². The van der Waals surface area contributed by atoms with E-state index < -0.39 is 11.5 Å². The number of aliphatic carboxylic acids is 1. The van der Waals surface area contributed by atoms with Crippen molar-refractivity contribution in [3.63, 3.8) is 0 Å². The van der Waals surface area contributed by atoms with Crippen molar-refractivity contribution in [2.75, 3.05) is 27.4 Å². The Morgan fingerprint density at radius 2 is 1.95 bits per heavy atom. The molecular formula is C15H23NO4. The van der Waals surface area contributed by atoms with E-state index in [1.54, 1.807) is 21.1 Å². The van der Waals surface area contributed by atoms with Crippen LogP contribution in [0.3, 0.4) is 0 Å². The van der Waals surface area contributed by atoms with Crippen LogP contribution in [0.2, 0.25) is 0 Å². The smallest absolute Gasteiger partial charge is 0.323 e. The first-order valence-electron chi connectivity index (χ1n) is 6.62. The van der Waals surface area contributed by atoms with E-state index >= 15 is 0 Å². The SMILES string of the molecule is COCCNC(C)(CCc1ccc(OC)cc1)C(=O)O. The van der Waals surface area contributed by atoms with Gasteiger partial charge in [0, 0.05) is 13.7 Å². The van der Waals surface area contributed by atoms with E-state index in [-0.39, 0.29) is 0 Å². The second-order valence-corrected chi connectivity index (χ2v) is 4.90. The number of rotatable bonds is 9. The molecule has 20 heavy (non-hydrogen) atoms. The van der Waals surface area contributed by atoms with Crippen LogP contribution in [-0.2, 0) is 16.0 Å². The third kappa shape index (κ3) is 4.83. The first kappa shape index (κ1) is 16.5. The summed E-state index contributed by atoms with van der Waals surface area (Å²) in [6.45, 7) is 2.71. The number of hydrogen-bond acceptors (Lipinski definition) is 4. The largest absolute Gasteiger partial charge is 0.497 e. The Kier molecular flexibility index (Phi) is 6.48. The highest BCUT2D eigenvalue weighted by atomic mass is 16.5. The number of carbonyl (C=O) groups is 1. The molecule has 0 radical (unpaired) electrons. The fraction of sp³-hybridized carbons (Fsp3) is 0.533. The van der Waals surface area contributed by atoms with Crippen LogP contribution >= 0.6 is 0 Å². The zero-order valence-corrected chi connectivity index (χ0v) is 12.3. The molecule has 0 saturated carbocycles. The second kappa shape index (κ2) is 7.87. The number of benzene rings is 1. The lowest BCUT2D eigenvalue weighted by Crippen LogP contribution is -2.50. The molecule has 5 nitrogen and oxygen atoms in total. The zero-order valence-electron chi connectivity index (χ0n) is 12.3. The summed E-state index contributed by atoms with van der Waals surface area (Å²) < 4.78 is 10.0. The molecule has 0 aliphatic heterocycles. The van der Waals surface area contributed by atoms with E-state index in [1.807, 2.05) is 24.3 Å². The Balaban J connectivity index is 2.58. The molecule has 2 N–H and O–H groups in total. The summed E-state index contributed by atoms with van der Waals surface area (Å²) in [6, 6.07) is 7.67. The van der Waals surface area contributed by atoms with Crippen molar-refractivity contribution >= 4 is 5.97 Å². The Labute approximate surface area is 119 Å². The Morgan fingerprint density at radius 1 is 1.30 bits per heavy atom. The standard InChI is InChI=1S/C15H23NO4/c1-15(14(17)18,16-10-11-19-2)9-8-12-4-6-13(20-3)7-5-12/h4-7,16H,8-11H2,1-3H3,(H,17,18). The molecule has 1 atom stereocenters. The van der Waals surface area contributed by atoms with Gasteiger partial charge in [0.1, 0.15) is 11.3 Å². The first-order valence-corrected chi connectivity index (χ1v) is 6.62. The summed E-state index contributed by atoms with van der Waals surface area (Å²) in [5.41, 5.74) is 0.144. The molecule has 1 unspecified atom stereocenters. The molecular weight excluding hydrogens is 258 g/mol. The topological polar surface area (TPSA) is 67.8 Å². The molecule has 1 rings (SSSR count). The van der Waals surface area contributed by atoms with E-state index in [2.05, 4.69) is 5.32 Å². The van der Waals surface area contributed by atoms with Gasteiger partial charge in [-0.25, -0.2) is 0 Å². The quantitative estimate of drug-likeness (QED) is 0.674. The number of carboxylic acids is 1. The Bertz CT molecular complexity index is 418. The maximum absolute atomic E-state index is 11.4. The summed E-state index contributed by atoms with van der Waals surface area (Å²) in [7, 11) is 3.22. The van der Waals surface area contributed by atoms with Crippen LogP contribution < -0.4 is 10.1 Å². The monoisotopic (exact) mass is 281 g/mol. The normalized spacial score (nSPS) is 13.8. The van der Waals surface area contributed by atoms with Crippen molar-refractivity contribution in [2.24, 2.45) is 0 Å². The number of ether oxygens (including phenoxy) is 2. The average Bonchev–Trinajstić information content (AvgIpc) is 2.46. The third-order valence-corrected chi connectivity index (χ3v) is 3.37. The fourth-order valence-electron chi connectivity index (χ4n) is 1.89. The second-order valence-electron chi connectivity index (χ2n) is 4.90. The van der Waals surface area contributed by atoms with E-state index in [9.17, 15) is 9.90 Å². The summed E-state index contributed by atoms with van der Waals surface area (Å²) in [5.74, 6) is -0.0462. The maximum Gasteiger partial charge on any atom is 0.323 e. The highest BCUT2D eigenvalue weighted by Gasteiger charge is 2.31. The van der Waals surface area contributed by atoms with Crippen LogP contribution in [0.1, 0.15) is 18.9 Å². The van der Waals surface area contributed by atoms with Crippen molar-refractivity contribution < 1.29 is 19.4 Å². The average molecular weight is 281 g/mol. The van der Waals surface area contributed by atoms with Crippen molar-refractivity contribution in [3.05, 3.63) is 29.8 Å². The Hall–Kier alpha value is -1.59. The molecule has 0 heterocycles. The molecule has 1 aromatic rings. The van der Waals surface area contributed by atoms with Gasteiger partial charge in [-0.1, -0.05) is 12.1 Å². The number of hydrogen-bond donors (Lipinski definition) is 2. The molecule has 1 aromatic carbocycles. The van der Waals surface area contributed by atoms with Crippen molar-refractivity contribution in [1.29, 1.82) is 0 Å². The van der Waals surface area contributed by atoms with Gasteiger partial charge in [-0.3, -0.25) is 10.1 Å². The molecule has 0 aliphatic rings. The van der Waals surface area contributed by atoms with E-state index in [0.717, 1.165) is 11.3 Å². The lowest BCUT2D eigenvalue weighted by atomic mass is 9.93. The van der Waals surface area contributed by atoms with Gasteiger partial charge >= 0.3 is 5.97 Å². The summed E-state index contributed by atoms with van der Waals surface area (Å²) in [4.78, 5) is 11.4. The van der Waals surface area contributed by atoms with Crippen molar-refractivity contribution in [2.45, 2.75) is 25.3 Å². The third-order valence-electron chi connectivity index (χ3n) is 3.37. The molecule has 0 fully saturated rings. The Morgan fingerprint density at radius 3 is 2.45 bits per heavy atom. The van der Waals surface area contributed by atoms with Gasteiger partial charge in [0.15, 0.2) is 0 Å². The van der Waals surface area contributed by atoms with Crippen molar-refractivity contribution in [1.82, 2.24) is 5.32 Å². The number of aryl methyl sites for hydroxylation is 1. The van der Waals surface area contributed by atoms with Crippen molar-refractivity contribution in [3.8, 4) is 5.75 Å². The van der Waals surface area contributed by atoms with Crippen LogP contribution in [0.4, 0.5) is 0 Å². The van der Waals surface area contributed by atoms with Gasteiger partial charge in [0.25, 0.3) is 0 Å². The van der Waals surface area contributed by atoms with Gasteiger partial charge in [-0.05, 0) is 37.5 Å². The minimum atomic E-state index is -0.946. The summed E-state index contributed by atoms with van der Waals surface area (Å²) in [6.07, 6.45) is 1.20. The van der Waals surface area contributed by atoms with Gasteiger partial charge < -0.3 is 14.6 Å². The number of nitrogens with one attached hydrogen (secondary N) is 1. The van der Waals surface area contributed by atoms with Gasteiger partial charge in [0.05, 0.1) is 13.7 Å². The molecule has 0 aliphatic carbocycles. The molecule has 112 valence electrons. The molecule has 0 spiro atoms. The predicted molar refractivity (Wildman–Crippen MR) is 77.2 cm³/mol. The molecule has 0 saturated heterocycles. The minimum absolute atomic E-state index is 0.491. The maximum atomic E-state index is 11.4. The lowest BCUT2D eigenvalue weighted by Gasteiger charge is -2.26. The van der Waals surface area contributed by atoms with E-state index in [0.29, 0.717) is 26.0 Å². The van der Waals surface area contributed by atoms with Crippen LogP contribution in [0.25, 0.3) is 0 Å².